The van der Waals surface area contributed by atoms with Crippen LogP contribution in [0.4, 0.5) is 0 Å². The monoisotopic (exact) mass is 212 g/mol. The summed E-state index contributed by atoms with van der Waals surface area (Å²) in [6.07, 6.45) is 0. The number of hydrogen-bond donors (Lipinski definition) is 0. The van der Waals surface area contributed by atoms with Gasteiger partial charge in [-0.15, -0.1) is 0 Å². The maximum Gasteiger partial charge on any atom is 0.362 e. The number of nitrogens with zero attached hydrogens (tertiary/aromatic N) is 2. The zero-order valence-electron chi connectivity index (χ0n) is 9.03. The molecule has 0 aliphatic carbocycles. The van der Waals surface area contributed by atoms with E-state index in [-0.39, 0.29) is 0 Å². The van der Waals surface area contributed by atoms with Gasteiger partial charge in [0.2, 0.25) is 5.71 Å². The minimum atomic E-state index is -0.920. The fourth-order valence-electron chi connectivity index (χ4n) is 1.07. The van der Waals surface area contributed by atoms with Crippen LogP contribution in [0.1, 0.15) is 20.8 Å². The Morgan fingerprint density at radius 3 is 2.20 bits per heavy atom. The first-order chi connectivity index (χ1) is 6.79. The molecule has 15 heavy (non-hydrogen) atoms. The molecule has 0 atom stereocenters. The Morgan fingerprint density at radius 1 is 1.33 bits per heavy atom. The number of esters is 1. The minimum Gasteiger partial charge on any atom is -0.464 e. The van der Waals surface area contributed by atoms with Gasteiger partial charge in [0.15, 0.2) is 0 Å². The number of ether oxygens (including phenoxy) is 1. The van der Waals surface area contributed by atoms with Crippen LogP contribution in [0.15, 0.2) is 5.10 Å². The maximum absolute atomic E-state index is 11.4. The van der Waals surface area contributed by atoms with Crippen LogP contribution in [0, 0.1) is 0 Å². The molecule has 1 rings (SSSR count). The highest BCUT2D eigenvalue weighted by Gasteiger charge is 2.43. The lowest BCUT2D eigenvalue weighted by Crippen LogP contribution is -2.41. The van der Waals surface area contributed by atoms with Crippen molar-refractivity contribution in [2.75, 3.05) is 7.11 Å². The second-order valence-corrected chi connectivity index (χ2v) is 4.06. The summed E-state index contributed by atoms with van der Waals surface area (Å²) >= 11 is 0. The fourth-order valence-corrected chi connectivity index (χ4v) is 1.07. The van der Waals surface area contributed by atoms with Gasteiger partial charge in [-0.1, -0.05) is 0 Å². The van der Waals surface area contributed by atoms with E-state index >= 15 is 0 Å². The summed E-state index contributed by atoms with van der Waals surface area (Å²) < 4.78 is 4.34. The van der Waals surface area contributed by atoms with Gasteiger partial charge in [0.25, 0.3) is 5.78 Å². The number of Topliss-reactive ketones (excluding diaryl/α,β-unsaturated/α-hetero) is 1. The molecule has 0 aromatic heterocycles. The molecule has 0 unspecified atom stereocenters. The molecular weight excluding hydrogens is 200 g/mol. The predicted octanol–water partition coefficient (Wildman–Crippen LogP) is -0.275. The van der Waals surface area contributed by atoms with Crippen molar-refractivity contribution in [2.45, 2.75) is 26.3 Å². The highest BCUT2D eigenvalue weighted by Crippen LogP contribution is 2.19. The zero-order chi connectivity index (χ0) is 11.8. The van der Waals surface area contributed by atoms with Gasteiger partial charge >= 0.3 is 11.9 Å². The summed E-state index contributed by atoms with van der Waals surface area (Å²) in [5, 5.41) is 4.66. The lowest BCUT2D eigenvalue weighted by Gasteiger charge is -2.26. The lowest BCUT2D eigenvalue weighted by atomic mass is 10.1. The van der Waals surface area contributed by atoms with Gasteiger partial charge in [-0.3, -0.25) is 9.59 Å². The molecule has 1 amide bonds. The van der Waals surface area contributed by atoms with Crippen LogP contribution in [-0.2, 0) is 19.1 Å². The fraction of sp³-hybridized carbons (Fsp3) is 0.556. The number of hydrazone groups is 1. The number of ketones is 1. The standard InChI is InChI=1S/C9H12N2O4/c1-9(2,3)11-7(13)6(12)5(10-11)8(14)15-4/h1-4H3. The first kappa shape index (κ1) is 11.4. The van der Waals surface area contributed by atoms with Gasteiger partial charge in [0.1, 0.15) is 0 Å². The van der Waals surface area contributed by atoms with Crippen molar-refractivity contribution >= 4 is 23.4 Å². The minimum absolute atomic E-state index is 0.461. The molecular formula is C9H12N2O4. The van der Waals surface area contributed by atoms with E-state index in [9.17, 15) is 14.4 Å². The van der Waals surface area contributed by atoms with E-state index in [0.717, 1.165) is 12.1 Å². The SMILES string of the molecule is COC(=O)C1=NN(C(C)(C)C)C(=O)C1=O. The molecule has 6 nitrogen and oxygen atoms in total. The third-order valence-corrected chi connectivity index (χ3v) is 1.82. The average molecular weight is 212 g/mol. The van der Waals surface area contributed by atoms with Crippen LogP contribution in [0.3, 0.4) is 0 Å². The zero-order valence-corrected chi connectivity index (χ0v) is 9.03. The van der Waals surface area contributed by atoms with Crippen molar-refractivity contribution < 1.29 is 19.1 Å². The molecule has 0 bridgehead atoms. The quantitative estimate of drug-likeness (QED) is 0.442. The van der Waals surface area contributed by atoms with Crippen LogP contribution >= 0.6 is 0 Å². The van der Waals surface area contributed by atoms with Crippen LogP contribution < -0.4 is 0 Å². The Morgan fingerprint density at radius 2 is 1.87 bits per heavy atom. The van der Waals surface area contributed by atoms with Crippen molar-refractivity contribution in [3.63, 3.8) is 0 Å². The number of carbonyl (C=O) groups is 3. The molecule has 0 N–H and O–H groups in total. The normalized spacial score (nSPS) is 16.8. The van der Waals surface area contributed by atoms with Crippen molar-refractivity contribution in [3.05, 3.63) is 0 Å². The van der Waals surface area contributed by atoms with E-state index in [1.807, 2.05) is 0 Å². The molecule has 1 aliphatic heterocycles. The molecule has 1 heterocycles. The largest absolute Gasteiger partial charge is 0.464 e. The molecule has 0 saturated heterocycles. The van der Waals surface area contributed by atoms with Gasteiger partial charge in [0.05, 0.1) is 12.6 Å². The number of methoxy groups -OCH3 is 1. The highest BCUT2D eigenvalue weighted by atomic mass is 16.5. The molecule has 6 heteroatoms. The Labute approximate surface area is 86.9 Å². The van der Waals surface area contributed by atoms with E-state index in [4.69, 9.17) is 0 Å². The Hall–Kier alpha value is -1.72. The number of hydrogen-bond acceptors (Lipinski definition) is 5. The second-order valence-electron chi connectivity index (χ2n) is 4.06. The lowest BCUT2D eigenvalue weighted by molar-refractivity contribution is -0.143. The van der Waals surface area contributed by atoms with Crippen molar-refractivity contribution in [1.82, 2.24) is 5.01 Å². The maximum atomic E-state index is 11.4. The molecule has 0 fully saturated rings. The summed E-state index contributed by atoms with van der Waals surface area (Å²) in [5.41, 5.74) is -1.10. The van der Waals surface area contributed by atoms with Crippen molar-refractivity contribution in [2.24, 2.45) is 5.10 Å². The van der Waals surface area contributed by atoms with Gasteiger partial charge < -0.3 is 4.74 Å². The predicted molar refractivity (Wildman–Crippen MR) is 51.1 cm³/mol. The smallest absolute Gasteiger partial charge is 0.362 e. The van der Waals surface area contributed by atoms with Crippen LogP contribution in [0.2, 0.25) is 0 Å². The van der Waals surface area contributed by atoms with Gasteiger partial charge in [0, 0.05) is 0 Å². The van der Waals surface area contributed by atoms with Crippen LogP contribution in [-0.4, -0.2) is 41.0 Å². The summed E-state index contributed by atoms with van der Waals surface area (Å²) in [5.74, 6) is -2.61. The van der Waals surface area contributed by atoms with Gasteiger partial charge in [-0.2, -0.15) is 5.10 Å². The van der Waals surface area contributed by atoms with E-state index in [0.29, 0.717) is 0 Å². The summed E-state index contributed by atoms with van der Waals surface area (Å²) in [6.45, 7) is 5.13. The topological polar surface area (TPSA) is 76.0 Å². The van der Waals surface area contributed by atoms with Gasteiger partial charge in [-0.05, 0) is 20.8 Å². The average Bonchev–Trinajstić information content (AvgIpc) is 2.42. The summed E-state index contributed by atoms with van der Waals surface area (Å²) in [7, 11) is 1.13. The molecule has 1 aliphatic rings. The number of amides is 1. The number of rotatable bonds is 1. The molecule has 82 valence electrons. The van der Waals surface area contributed by atoms with Gasteiger partial charge in [-0.25, -0.2) is 9.80 Å². The molecule has 0 saturated carbocycles. The van der Waals surface area contributed by atoms with Crippen LogP contribution in [0.5, 0.6) is 0 Å². The summed E-state index contributed by atoms with van der Waals surface area (Å²) in [4.78, 5) is 33.9. The van der Waals surface area contributed by atoms with Crippen molar-refractivity contribution in [3.8, 4) is 0 Å². The molecule has 0 spiro atoms. The van der Waals surface area contributed by atoms with E-state index in [2.05, 4.69) is 9.84 Å². The van der Waals surface area contributed by atoms with E-state index < -0.39 is 28.9 Å². The second kappa shape index (κ2) is 3.45. The van der Waals surface area contributed by atoms with Crippen LogP contribution in [0.25, 0.3) is 0 Å². The first-order valence-electron chi connectivity index (χ1n) is 4.35. The van der Waals surface area contributed by atoms with Crippen molar-refractivity contribution in [1.29, 1.82) is 0 Å². The Kier molecular flexibility index (Phi) is 2.61. The Bertz CT molecular complexity index is 365. The highest BCUT2D eigenvalue weighted by molar-refractivity contribution is 6.80. The molecule has 0 aromatic rings. The first-order valence-corrected chi connectivity index (χ1v) is 4.35. The molecule has 0 aromatic carbocycles. The third kappa shape index (κ3) is 1.88. The summed E-state index contributed by atoms with van der Waals surface area (Å²) in [6, 6.07) is 0. The number of carbonyl (C=O) groups excluding carboxylic acids is 3. The Balaban J connectivity index is 3.08. The van der Waals surface area contributed by atoms with E-state index in [1.54, 1.807) is 20.8 Å². The van der Waals surface area contributed by atoms with E-state index in [1.165, 1.54) is 0 Å². The third-order valence-electron chi connectivity index (χ3n) is 1.82. The molecule has 0 radical (unpaired) electrons.